The second-order valence-corrected chi connectivity index (χ2v) is 4.88. The number of sulfone groups is 1. The quantitative estimate of drug-likeness (QED) is 0.787. The number of furan rings is 1. The molecule has 0 N–H and O–H groups in total. The van der Waals surface area contributed by atoms with E-state index in [9.17, 15) is 34.8 Å². The Kier molecular flexibility index (Phi) is 3.52. The fourth-order valence-electron chi connectivity index (χ4n) is 0.939. The van der Waals surface area contributed by atoms with Crippen molar-refractivity contribution < 1.29 is 39.2 Å². The summed E-state index contributed by atoms with van der Waals surface area (Å²) in [6.45, 7) is 0. The van der Waals surface area contributed by atoms with Gasteiger partial charge >= 0.3 is 11.7 Å². The molecule has 0 atom stereocenters. The number of alkyl halides is 6. The number of halogens is 6. The molecule has 1 rings (SSSR count). The Labute approximate surface area is 96.6 Å². The molecule has 102 valence electrons. The molecule has 18 heavy (non-hydrogen) atoms. The molecule has 0 unspecified atom stereocenters. The molecule has 0 aliphatic heterocycles. The second kappa shape index (κ2) is 4.34. The van der Waals surface area contributed by atoms with Crippen LogP contribution in [0.2, 0.25) is 0 Å². The Bertz CT molecular complexity index is 534. The highest BCUT2D eigenvalue weighted by atomic mass is 32.2. The lowest BCUT2D eigenvalue weighted by Gasteiger charge is -2.14. The van der Waals surface area contributed by atoms with E-state index >= 15 is 0 Å². The average molecular weight is 294 g/mol. The lowest BCUT2D eigenvalue weighted by atomic mass is 10.4. The van der Waals surface area contributed by atoms with E-state index in [1.807, 2.05) is 0 Å². The van der Waals surface area contributed by atoms with E-state index in [-0.39, 0.29) is 6.08 Å². The SMILES string of the molecule is O=S(=O)(C(=Cc1ccco1)C(F)(F)F)C(F)(F)F. The highest BCUT2D eigenvalue weighted by molar-refractivity contribution is 7.96. The van der Waals surface area contributed by atoms with Crippen LogP contribution in [-0.4, -0.2) is 20.1 Å². The zero-order valence-electron chi connectivity index (χ0n) is 8.21. The lowest BCUT2D eigenvalue weighted by Crippen LogP contribution is -2.31. The van der Waals surface area contributed by atoms with Gasteiger partial charge in [-0.1, -0.05) is 0 Å². The second-order valence-electron chi connectivity index (χ2n) is 2.97. The lowest BCUT2D eigenvalue weighted by molar-refractivity contribution is -0.0886. The summed E-state index contributed by atoms with van der Waals surface area (Å²) in [4.78, 5) is -2.72. The summed E-state index contributed by atoms with van der Waals surface area (Å²) in [7, 11) is -6.50. The molecule has 0 aliphatic carbocycles. The first-order valence-corrected chi connectivity index (χ1v) is 5.58. The van der Waals surface area contributed by atoms with Gasteiger partial charge < -0.3 is 4.42 Å². The van der Waals surface area contributed by atoms with E-state index < -0.39 is 32.2 Å². The standard InChI is InChI=1S/C8H4F6O3S/c9-7(10,11)6(4-5-2-1-3-17-5)18(15,16)8(12,13)14/h1-4H. The van der Waals surface area contributed by atoms with Gasteiger partial charge in [-0.15, -0.1) is 0 Å². The monoisotopic (exact) mass is 294 g/mol. The normalized spacial score (nSPS) is 14.9. The first-order valence-electron chi connectivity index (χ1n) is 4.10. The van der Waals surface area contributed by atoms with Crippen molar-refractivity contribution in [2.75, 3.05) is 0 Å². The molecule has 0 saturated carbocycles. The molecule has 1 aromatic heterocycles. The van der Waals surface area contributed by atoms with Gasteiger partial charge in [0.15, 0.2) is 4.91 Å². The van der Waals surface area contributed by atoms with Crippen LogP contribution in [0, 0.1) is 0 Å². The Morgan fingerprint density at radius 1 is 1.17 bits per heavy atom. The summed E-state index contributed by atoms with van der Waals surface area (Å²) in [5.74, 6) is -0.657. The van der Waals surface area contributed by atoms with E-state index in [4.69, 9.17) is 0 Å². The van der Waals surface area contributed by atoms with Gasteiger partial charge in [0.25, 0.3) is 9.84 Å². The van der Waals surface area contributed by atoms with Crippen LogP contribution in [0.1, 0.15) is 5.76 Å². The summed E-state index contributed by atoms with van der Waals surface area (Å²) < 4.78 is 99.2. The van der Waals surface area contributed by atoms with Gasteiger partial charge in [0.1, 0.15) is 5.76 Å². The van der Waals surface area contributed by atoms with Crippen LogP contribution < -0.4 is 0 Å². The first kappa shape index (κ1) is 14.6. The predicted molar refractivity (Wildman–Crippen MR) is 47.7 cm³/mol. The van der Waals surface area contributed by atoms with Crippen molar-refractivity contribution >= 4 is 15.9 Å². The van der Waals surface area contributed by atoms with Crippen molar-refractivity contribution in [2.24, 2.45) is 0 Å². The Morgan fingerprint density at radius 3 is 2.06 bits per heavy atom. The highest BCUT2D eigenvalue weighted by Gasteiger charge is 2.56. The van der Waals surface area contributed by atoms with Crippen molar-refractivity contribution in [2.45, 2.75) is 11.7 Å². The van der Waals surface area contributed by atoms with Crippen molar-refractivity contribution in [1.82, 2.24) is 0 Å². The van der Waals surface area contributed by atoms with Gasteiger partial charge in [-0.05, 0) is 12.1 Å². The average Bonchev–Trinajstić information content (AvgIpc) is 2.62. The fraction of sp³-hybridized carbons (Fsp3) is 0.250. The predicted octanol–water partition coefficient (Wildman–Crippen LogP) is 3.12. The molecule has 1 heterocycles. The van der Waals surface area contributed by atoms with E-state index in [1.54, 1.807) is 0 Å². The molecule has 0 spiro atoms. The maximum Gasteiger partial charge on any atom is 0.501 e. The van der Waals surface area contributed by atoms with Crippen molar-refractivity contribution in [3.8, 4) is 0 Å². The summed E-state index contributed by atoms with van der Waals surface area (Å²) in [5, 5.41) is 0. The molecule has 10 heteroatoms. The van der Waals surface area contributed by atoms with E-state index in [1.165, 1.54) is 0 Å². The Balaban J connectivity index is 3.43. The van der Waals surface area contributed by atoms with Crippen molar-refractivity contribution in [3.63, 3.8) is 0 Å². The molecular formula is C8H4F6O3S. The molecular weight excluding hydrogens is 290 g/mol. The minimum absolute atomic E-state index is 0.219. The third-order valence-corrected chi connectivity index (χ3v) is 3.23. The van der Waals surface area contributed by atoms with Gasteiger partial charge in [0, 0.05) is 6.08 Å². The van der Waals surface area contributed by atoms with Crippen LogP contribution in [0.5, 0.6) is 0 Å². The van der Waals surface area contributed by atoms with E-state index in [2.05, 4.69) is 4.42 Å². The molecule has 0 saturated heterocycles. The van der Waals surface area contributed by atoms with Gasteiger partial charge in [-0.25, -0.2) is 8.42 Å². The molecule has 0 aliphatic rings. The molecule has 3 nitrogen and oxygen atoms in total. The van der Waals surface area contributed by atoms with Gasteiger partial charge in [-0.3, -0.25) is 0 Å². The number of rotatable bonds is 2. The van der Waals surface area contributed by atoms with Crippen molar-refractivity contribution in [3.05, 3.63) is 29.1 Å². The zero-order valence-corrected chi connectivity index (χ0v) is 9.03. The molecule has 0 aromatic carbocycles. The summed E-state index contributed by atoms with van der Waals surface area (Å²) in [6.07, 6.45) is -5.01. The van der Waals surface area contributed by atoms with Crippen LogP contribution in [0.3, 0.4) is 0 Å². The molecule has 1 aromatic rings. The third-order valence-electron chi connectivity index (χ3n) is 1.69. The Morgan fingerprint density at radius 2 is 1.72 bits per heavy atom. The Hall–Kier alpha value is -1.45. The molecule has 0 bridgehead atoms. The maximum atomic E-state index is 12.3. The summed E-state index contributed by atoms with van der Waals surface area (Å²) >= 11 is 0. The van der Waals surface area contributed by atoms with Gasteiger partial charge in [-0.2, -0.15) is 26.3 Å². The van der Waals surface area contributed by atoms with Gasteiger partial charge in [0.05, 0.1) is 6.26 Å². The van der Waals surface area contributed by atoms with Crippen LogP contribution in [0.4, 0.5) is 26.3 Å². The molecule has 0 radical (unpaired) electrons. The number of hydrogen-bond donors (Lipinski definition) is 0. The van der Waals surface area contributed by atoms with Crippen molar-refractivity contribution in [1.29, 1.82) is 0 Å². The van der Waals surface area contributed by atoms with Crippen LogP contribution in [0.25, 0.3) is 6.08 Å². The minimum atomic E-state index is -6.50. The first-order chi connectivity index (χ1) is 7.96. The van der Waals surface area contributed by atoms with Gasteiger partial charge in [0.2, 0.25) is 0 Å². The smallest absolute Gasteiger partial charge is 0.465 e. The minimum Gasteiger partial charge on any atom is -0.465 e. The number of allylic oxidation sites excluding steroid dienone is 1. The van der Waals surface area contributed by atoms with E-state index in [0.29, 0.717) is 0 Å². The fourth-order valence-corrected chi connectivity index (χ4v) is 1.76. The maximum absolute atomic E-state index is 12.3. The highest BCUT2D eigenvalue weighted by Crippen LogP contribution is 2.39. The molecule has 0 fully saturated rings. The van der Waals surface area contributed by atoms with Crippen LogP contribution in [-0.2, 0) is 9.84 Å². The topological polar surface area (TPSA) is 47.3 Å². The van der Waals surface area contributed by atoms with E-state index in [0.717, 1.165) is 18.4 Å². The third kappa shape index (κ3) is 2.86. The summed E-state index contributed by atoms with van der Waals surface area (Å²) in [5.41, 5.74) is -6.04. The number of hydrogen-bond acceptors (Lipinski definition) is 3. The largest absolute Gasteiger partial charge is 0.501 e. The zero-order chi connectivity index (χ0) is 14.2. The van der Waals surface area contributed by atoms with Crippen LogP contribution in [0.15, 0.2) is 27.7 Å². The molecule has 0 amide bonds. The van der Waals surface area contributed by atoms with Crippen LogP contribution >= 0.6 is 0 Å². The summed E-state index contributed by atoms with van der Waals surface area (Å²) in [6, 6.07) is 1.98.